The normalized spacial score (nSPS) is 23.8. The third-order valence-corrected chi connectivity index (χ3v) is 6.53. The maximum atomic E-state index is 14.9. The summed E-state index contributed by atoms with van der Waals surface area (Å²) in [5.41, 5.74) is 2.17. The number of carbonyl (C=O) groups is 1. The van der Waals surface area contributed by atoms with E-state index in [1.54, 1.807) is 20.1 Å². The van der Waals surface area contributed by atoms with Crippen LogP contribution in [0.15, 0.2) is 16.7 Å². The number of fused-ring (bicyclic) bond motifs is 1. The largest absolute Gasteiger partial charge is 0.459 e. The Morgan fingerprint density at radius 1 is 1.26 bits per heavy atom. The Hall–Kier alpha value is -1.57. The molecule has 1 N–H and O–H groups in total. The molecule has 0 spiro atoms. The highest BCUT2D eigenvalue weighted by Crippen LogP contribution is 2.38. The standard InChI is InChI=1S/C20H24FNO4S/c1-11-13(20-24-7-8-25-20)9-14-16(10-26-19(14)18(11)21)22-15-5-3-4-6-17(15)27-12(2)23/h9-10,15,17,20,22H,3-8H2,1-2H3/t15-,17+/m1/s1. The fourth-order valence-corrected chi connectivity index (χ4v) is 5.03. The van der Waals surface area contributed by atoms with Gasteiger partial charge in [-0.1, -0.05) is 24.6 Å². The molecule has 1 aromatic carbocycles. The molecule has 1 saturated heterocycles. The molecule has 2 aliphatic rings. The lowest BCUT2D eigenvalue weighted by atomic mass is 9.94. The molecule has 5 nitrogen and oxygen atoms in total. The molecule has 1 aromatic heterocycles. The van der Waals surface area contributed by atoms with Crippen LogP contribution in [0.1, 0.15) is 50.0 Å². The van der Waals surface area contributed by atoms with Gasteiger partial charge in [-0.05, 0) is 31.4 Å². The minimum Gasteiger partial charge on any atom is -0.459 e. The van der Waals surface area contributed by atoms with Gasteiger partial charge in [-0.3, -0.25) is 4.79 Å². The molecule has 7 heteroatoms. The number of thioether (sulfide) groups is 1. The molecule has 2 aromatic rings. The van der Waals surface area contributed by atoms with Crippen molar-refractivity contribution in [1.82, 2.24) is 0 Å². The highest BCUT2D eigenvalue weighted by Gasteiger charge is 2.29. The Morgan fingerprint density at radius 3 is 2.74 bits per heavy atom. The van der Waals surface area contributed by atoms with Crippen LogP contribution in [0.2, 0.25) is 0 Å². The van der Waals surface area contributed by atoms with E-state index in [0.29, 0.717) is 29.7 Å². The van der Waals surface area contributed by atoms with Crippen LogP contribution in [0.25, 0.3) is 11.0 Å². The van der Waals surface area contributed by atoms with Gasteiger partial charge in [0.15, 0.2) is 22.8 Å². The van der Waals surface area contributed by atoms with Crippen LogP contribution < -0.4 is 5.32 Å². The van der Waals surface area contributed by atoms with Gasteiger partial charge in [-0.15, -0.1) is 0 Å². The van der Waals surface area contributed by atoms with E-state index >= 15 is 0 Å². The molecule has 146 valence electrons. The van der Waals surface area contributed by atoms with Gasteiger partial charge in [-0.25, -0.2) is 4.39 Å². The first kappa shape index (κ1) is 18.8. The summed E-state index contributed by atoms with van der Waals surface area (Å²) in [5, 5.41) is 4.54. The second kappa shape index (κ2) is 7.81. The van der Waals surface area contributed by atoms with Gasteiger partial charge >= 0.3 is 0 Å². The molecule has 4 rings (SSSR count). The number of hydrogen-bond donors (Lipinski definition) is 1. The summed E-state index contributed by atoms with van der Waals surface area (Å²) in [5.74, 6) is -0.382. The zero-order chi connectivity index (χ0) is 19.0. The van der Waals surface area contributed by atoms with E-state index in [4.69, 9.17) is 13.9 Å². The van der Waals surface area contributed by atoms with E-state index in [0.717, 1.165) is 31.4 Å². The number of ether oxygens (including phenoxy) is 2. The minimum atomic E-state index is -0.539. The summed E-state index contributed by atoms with van der Waals surface area (Å²) in [6.07, 6.45) is 5.25. The average Bonchev–Trinajstić information content (AvgIpc) is 3.29. The Labute approximate surface area is 162 Å². The number of halogens is 1. The van der Waals surface area contributed by atoms with Crippen molar-refractivity contribution in [2.24, 2.45) is 0 Å². The number of rotatable bonds is 4. The van der Waals surface area contributed by atoms with Crippen molar-refractivity contribution in [3.63, 3.8) is 0 Å². The molecule has 1 aliphatic heterocycles. The SMILES string of the molecule is CC(=O)S[C@H]1CCCC[C@H]1Nc1coc2c(F)c(C)c(C3OCCO3)cc12. The van der Waals surface area contributed by atoms with E-state index in [1.807, 2.05) is 6.07 Å². The van der Waals surface area contributed by atoms with Gasteiger partial charge in [0.05, 0.1) is 18.9 Å². The van der Waals surface area contributed by atoms with Gasteiger partial charge in [0.25, 0.3) is 0 Å². The fraction of sp³-hybridized carbons (Fsp3) is 0.550. The second-order valence-corrected chi connectivity index (χ2v) is 8.60. The van der Waals surface area contributed by atoms with E-state index < -0.39 is 6.29 Å². The van der Waals surface area contributed by atoms with E-state index in [2.05, 4.69) is 5.32 Å². The van der Waals surface area contributed by atoms with Crippen LogP contribution in [-0.2, 0) is 14.3 Å². The summed E-state index contributed by atoms with van der Waals surface area (Å²) in [6, 6.07) is 2.05. The quantitative estimate of drug-likeness (QED) is 0.795. The Kier molecular flexibility index (Phi) is 5.43. The zero-order valence-electron chi connectivity index (χ0n) is 15.5. The van der Waals surface area contributed by atoms with Crippen LogP contribution in [0.3, 0.4) is 0 Å². The first-order chi connectivity index (χ1) is 13.0. The van der Waals surface area contributed by atoms with Gasteiger partial charge in [0.2, 0.25) is 0 Å². The van der Waals surface area contributed by atoms with Gasteiger partial charge < -0.3 is 19.2 Å². The molecule has 0 amide bonds. The summed E-state index contributed by atoms with van der Waals surface area (Å²) >= 11 is 1.39. The smallest absolute Gasteiger partial charge is 0.186 e. The van der Waals surface area contributed by atoms with Crippen LogP contribution in [0.4, 0.5) is 10.1 Å². The maximum Gasteiger partial charge on any atom is 0.186 e. The fourth-order valence-electron chi connectivity index (χ4n) is 3.95. The van der Waals surface area contributed by atoms with Crippen molar-refractivity contribution in [2.45, 2.75) is 57.1 Å². The van der Waals surface area contributed by atoms with Crippen LogP contribution in [0.5, 0.6) is 0 Å². The Balaban J connectivity index is 1.66. The highest BCUT2D eigenvalue weighted by molar-refractivity contribution is 8.14. The topological polar surface area (TPSA) is 60.7 Å². The van der Waals surface area contributed by atoms with Gasteiger partial charge in [-0.2, -0.15) is 0 Å². The first-order valence-corrected chi connectivity index (χ1v) is 10.3. The molecule has 0 bridgehead atoms. The number of benzene rings is 1. The number of hydrogen-bond acceptors (Lipinski definition) is 6. The zero-order valence-corrected chi connectivity index (χ0v) is 16.4. The average molecular weight is 393 g/mol. The molecule has 1 aliphatic carbocycles. The van der Waals surface area contributed by atoms with Crippen molar-refractivity contribution < 1.29 is 23.1 Å². The molecule has 2 heterocycles. The summed E-state index contributed by atoms with van der Waals surface area (Å²) in [7, 11) is 0. The summed E-state index contributed by atoms with van der Waals surface area (Å²) in [6.45, 7) is 4.33. The number of nitrogens with one attached hydrogen (secondary N) is 1. The van der Waals surface area contributed by atoms with E-state index in [9.17, 15) is 9.18 Å². The number of anilines is 1. The van der Waals surface area contributed by atoms with Crippen LogP contribution >= 0.6 is 11.8 Å². The molecular formula is C20H24FNO4S. The monoisotopic (exact) mass is 393 g/mol. The Morgan fingerprint density at radius 2 is 2.00 bits per heavy atom. The number of carbonyl (C=O) groups excluding carboxylic acids is 1. The van der Waals surface area contributed by atoms with Crippen molar-refractivity contribution in [3.05, 3.63) is 29.3 Å². The minimum absolute atomic E-state index is 0.130. The third kappa shape index (κ3) is 3.73. The molecule has 27 heavy (non-hydrogen) atoms. The lowest BCUT2D eigenvalue weighted by Crippen LogP contribution is -2.35. The second-order valence-electron chi connectivity index (χ2n) is 7.19. The molecule has 0 radical (unpaired) electrons. The number of furan rings is 1. The predicted octanol–water partition coefficient (Wildman–Crippen LogP) is 4.93. The summed E-state index contributed by atoms with van der Waals surface area (Å²) in [4.78, 5) is 11.6. The van der Waals surface area contributed by atoms with Crippen LogP contribution in [0, 0.1) is 12.7 Å². The maximum absolute atomic E-state index is 14.9. The lowest BCUT2D eigenvalue weighted by molar-refractivity contribution is -0.109. The third-order valence-electron chi connectivity index (χ3n) is 5.33. The molecule has 2 fully saturated rings. The van der Waals surface area contributed by atoms with Gasteiger partial charge in [0, 0.05) is 29.2 Å². The van der Waals surface area contributed by atoms with Crippen molar-refractivity contribution >= 4 is 33.5 Å². The molecular weight excluding hydrogens is 369 g/mol. The first-order valence-electron chi connectivity index (χ1n) is 9.41. The van der Waals surface area contributed by atoms with Crippen molar-refractivity contribution in [1.29, 1.82) is 0 Å². The van der Waals surface area contributed by atoms with Gasteiger partial charge in [0.1, 0.15) is 6.26 Å². The van der Waals surface area contributed by atoms with E-state index in [1.165, 1.54) is 11.8 Å². The van der Waals surface area contributed by atoms with Crippen molar-refractivity contribution in [3.8, 4) is 0 Å². The van der Waals surface area contributed by atoms with Crippen molar-refractivity contribution in [2.75, 3.05) is 18.5 Å². The summed E-state index contributed by atoms with van der Waals surface area (Å²) < 4.78 is 31.6. The molecule has 1 saturated carbocycles. The lowest BCUT2D eigenvalue weighted by Gasteiger charge is -2.31. The predicted molar refractivity (Wildman–Crippen MR) is 103 cm³/mol. The highest BCUT2D eigenvalue weighted by atomic mass is 32.2. The molecule has 0 unspecified atom stereocenters. The van der Waals surface area contributed by atoms with Crippen LogP contribution in [-0.4, -0.2) is 29.6 Å². The Bertz CT molecular complexity index is 846. The molecule has 2 atom stereocenters. The van der Waals surface area contributed by atoms with E-state index in [-0.39, 0.29) is 27.8 Å².